The number of hydrogen-bond donors (Lipinski definition) is 2. The van der Waals surface area contributed by atoms with Crippen molar-refractivity contribution < 1.29 is 23.9 Å². The van der Waals surface area contributed by atoms with Gasteiger partial charge < -0.3 is 20.5 Å². The zero-order chi connectivity index (χ0) is 16.5. The first kappa shape index (κ1) is 17.6. The van der Waals surface area contributed by atoms with E-state index in [0.29, 0.717) is 5.56 Å². The highest BCUT2D eigenvalue weighted by Gasteiger charge is 2.25. The highest BCUT2D eigenvalue weighted by Crippen LogP contribution is 2.16. The number of benzene rings is 1. The number of nitrogens with two attached hydrogens (primary N) is 1. The molecule has 0 aromatic heterocycles. The van der Waals surface area contributed by atoms with Crippen LogP contribution in [0.25, 0.3) is 0 Å². The Kier molecular flexibility index (Phi) is 7.04. The maximum Gasteiger partial charge on any atom is 0.305 e. The lowest BCUT2D eigenvalue weighted by atomic mass is 10.1. The molecule has 1 aromatic carbocycles. The molecule has 0 heterocycles. The van der Waals surface area contributed by atoms with Gasteiger partial charge in [-0.3, -0.25) is 14.4 Å². The molecule has 0 unspecified atom stereocenters. The van der Waals surface area contributed by atoms with Crippen LogP contribution < -0.4 is 11.1 Å². The number of amides is 2. The van der Waals surface area contributed by atoms with E-state index in [2.05, 4.69) is 10.1 Å². The SMILES string of the molecule is COC(=O)CC[C@@H](NC(=O)[C@@H](OC)c1ccccc1)C(N)=O. The number of ether oxygens (including phenoxy) is 2. The quantitative estimate of drug-likeness (QED) is 0.671. The summed E-state index contributed by atoms with van der Waals surface area (Å²) < 4.78 is 9.66. The van der Waals surface area contributed by atoms with Gasteiger partial charge in [-0.1, -0.05) is 30.3 Å². The molecule has 0 aliphatic carbocycles. The smallest absolute Gasteiger partial charge is 0.305 e. The molecular weight excluding hydrogens is 288 g/mol. The minimum Gasteiger partial charge on any atom is -0.469 e. The van der Waals surface area contributed by atoms with Gasteiger partial charge in [0.2, 0.25) is 5.91 Å². The Morgan fingerprint density at radius 1 is 1.18 bits per heavy atom. The fraction of sp³-hybridized carbons (Fsp3) is 0.400. The summed E-state index contributed by atoms with van der Waals surface area (Å²) >= 11 is 0. The third kappa shape index (κ3) is 5.17. The highest BCUT2D eigenvalue weighted by molar-refractivity contribution is 5.89. The summed E-state index contributed by atoms with van der Waals surface area (Å²) in [6.07, 6.45) is -0.812. The predicted molar refractivity (Wildman–Crippen MR) is 78.6 cm³/mol. The maximum atomic E-state index is 12.2. The summed E-state index contributed by atoms with van der Waals surface area (Å²) in [6.45, 7) is 0. The van der Waals surface area contributed by atoms with Crippen molar-refractivity contribution in [1.82, 2.24) is 5.32 Å². The van der Waals surface area contributed by atoms with Gasteiger partial charge in [-0.2, -0.15) is 0 Å². The van der Waals surface area contributed by atoms with Gasteiger partial charge in [-0.25, -0.2) is 0 Å². The lowest BCUT2D eigenvalue weighted by Crippen LogP contribution is -2.46. The van der Waals surface area contributed by atoms with Crippen LogP contribution in [-0.4, -0.2) is 38.0 Å². The van der Waals surface area contributed by atoms with E-state index in [1.165, 1.54) is 14.2 Å². The Bertz CT molecular complexity index is 518. The number of nitrogens with one attached hydrogen (secondary N) is 1. The average molecular weight is 308 g/mol. The molecule has 0 fully saturated rings. The monoisotopic (exact) mass is 308 g/mol. The van der Waals surface area contributed by atoms with Crippen LogP contribution in [0.1, 0.15) is 24.5 Å². The van der Waals surface area contributed by atoms with Crippen LogP contribution in [0, 0.1) is 0 Å². The molecule has 2 atom stereocenters. The fourth-order valence-electron chi connectivity index (χ4n) is 1.92. The Labute approximate surface area is 128 Å². The number of methoxy groups -OCH3 is 2. The van der Waals surface area contributed by atoms with Crippen LogP contribution in [0.4, 0.5) is 0 Å². The molecule has 0 bridgehead atoms. The van der Waals surface area contributed by atoms with Gasteiger partial charge in [0.15, 0.2) is 6.10 Å². The highest BCUT2D eigenvalue weighted by atomic mass is 16.5. The molecular formula is C15H20N2O5. The molecule has 3 N–H and O–H groups in total. The first-order chi connectivity index (χ1) is 10.5. The number of esters is 1. The Morgan fingerprint density at radius 2 is 1.82 bits per heavy atom. The van der Waals surface area contributed by atoms with E-state index < -0.39 is 29.9 Å². The Hall–Kier alpha value is -2.41. The van der Waals surface area contributed by atoms with Gasteiger partial charge in [0, 0.05) is 13.5 Å². The first-order valence-electron chi connectivity index (χ1n) is 6.73. The van der Waals surface area contributed by atoms with Crippen LogP contribution in [0.2, 0.25) is 0 Å². The number of hydrogen-bond acceptors (Lipinski definition) is 5. The van der Waals surface area contributed by atoms with Crippen molar-refractivity contribution in [2.75, 3.05) is 14.2 Å². The molecule has 1 aromatic rings. The third-order valence-corrected chi connectivity index (χ3v) is 3.10. The minimum absolute atomic E-state index is 0.0205. The van der Waals surface area contributed by atoms with Crippen molar-refractivity contribution in [1.29, 1.82) is 0 Å². The van der Waals surface area contributed by atoms with E-state index in [1.54, 1.807) is 24.3 Å². The number of primary amides is 1. The molecule has 1 rings (SSSR count). The van der Waals surface area contributed by atoms with Gasteiger partial charge in [0.25, 0.3) is 5.91 Å². The van der Waals surface area contributed by atoms with Crippen LogP contribution in [0.5, 0.6) is 0 Å². The van der Waals surface area contributed by atoms with Gasteiger partial charge in [0.1, 0.15) is 6.04 Å². The van der Waals surface area contributed by atoms with Crippen molar-refractivity contribution >= 4 is 17.8 Å². The largest absolute Gasteiger partial charge is 0.469 e. The number of rotatable bonds is 8. The van der Waals surface area contributed by atoms with E-state index in [9.17, 15) is 14.4 Å². The zero-order valence-electron chi connectivity index (χ0n) is 12.6. The van der Waals surface area contributed by atoms with Crippen molar-refractivity contribution in [3.8, 4) is 0 Å². The van der Waals surface area contributed by atoms with E-state index in [0.717, 1.165) is 0 Å². The van der Waals surface area contributed by atoms with Gasteiger partial charge in [-0.05, 0) is 12.0 Å². The topological polar surface area (TPSA) is 108 Å². The fourth-order valence-corrected chi connectivity index (χ4v) is 1.92. The molecule has 22 heavy (non-hydrogen) atoms. The van der Waals surface area contributed by atoms with E-state index in [4.69, 9.17) is 10.5 Å². The predicted octanol–water partition coefficient (Wildman–Crippen LogP) is 0.297. The molecule has 0 saturated carbocycles. The standard InChI is InChI=1S/C15H20N2O5/c1-21-12(18)9-8-11(14(16)19)17-15(20)13(22-2)10-6-4-3-5-7-10/h3-7,11,13H,8-9H2,1-2H3,(H2,16,19)(H,17,20)/t11-,13+/m1/s1. The first-order valence-corrected chi connectivity index (χ1v) is 6.73. The molecule has 0 radical (unpaired) electrons. The summed E-state index contributed by atoms with van der Waals surface area (Å²) in [7, 11) is 2.64. The molecule has 0 aliphatic rings. The van der Waals surface area contributed by atoms with Crippen LogP contribution in [0.3, 0.4) is 0 Å². The molecule has 2 amide bonds. The molecule has 0 spiro atoms. The lowest BCUT2D eigenvalue weighted by molar-refractivity contribution is -0.141. The maximum absolute atomic E-state index is 12.2. The molecule has 0 aliphatic heterocycles. The van der Waals surface area contributed by atoms with Crippen molar-refractivity contribution in [2.24, 2.45) is 5.73 Å². The number of carbonyl (C=O) groups excluding carboxylic acids is 3. The second-order valence-corrected chi connectivity index (χ2v) is 4.60. The lowest BCUT2D eigenvalue weighted by Gasteiger charge is -2.20. The third-order valence-electron chi connectivity index (χ3n) is 3.10. The van der Waals surface area contributed by atoms with Crippen LogP contribution in [0.15, 0.2) is 30.3 Å². The van der Waals surface area contributed by atoms with Gasteiger partial charge >= 0.3 is 5.97 Å². The van der Waals surface area contributed by atoms with E-state index >= 15 is 0 Å². The van der Waals surface area contributed by atoms with Crippen molar-refractivity contribution in [2.45, 2.75) is 25.0 Å². The Morgan fingerprint density at radius 3 is 2.32 bits per heavy atom. The summed E-state index contributed by atoms with van der Waals surface area (Å²) in [5, 5.41) is 2.50. The minimum atomic E-state index is -0.965. The summed E-state index contributed by atoms with van der Waals surface area (Å²) in [5.74, 6) is -1.70. The number of carbonyl (C=O) groups is 3. The average Bonchev–Trinajstić information content (AvgIpc) is 2.52. The van der Waals surface area contributed by atoms with Crippen LogP contribution in [-0.2, 0) is 23.9 Å². The Balaban J connectivity index is 2.73. The van der Waals surface area contributed by atoms with Gasteiger partial charge in [-0.15, -0.1) is 0 Å². The molecule has 7 nitrogen and oxygen atoms in total. The van der Waals surface area contributed by atoms with Crippen molar-refractivity contribution in [3.63, 3.8) is 0 Å². The van der Waals surface area contributed by atoms with Crippen LogP contribution >= 0.6 is 0 Å². The molecule has 7 heteroatoms. The molecule has 0 saturated heterocycles. The normalized spacial score (nSPS) is 13.0. The van der Waals surface area contributed by atoms with Gasteiger partial charge in [0.05, 0.1) is 7.11 Å². The van der Waals surface area contributed by atoms with Crippen molar-refractivity contribution in [3.05, 3.63) is 35.9 Å². The second kappa shape index (κ2) is 8.78. The zero-order valence-corrected chi connectivity index (χ0v) is 12.6. The van der Waals surface area contributed by atoms with E-state index in [1.807, 2.05) is 6.07 Å². The summed E-state index contributed by atoms with van der Waals surface area (Å²) in [4.78, 5) is 34.8. The van der Waals surface area contributed by atoms with E-state index in [-0.39, 0.29) is 12.8 Å². The summed E-state index contributed by atoms with van der Waals surface area (Å²) in [5.41, 5.74) is 5.90. The second-order valence-electron chi connectivity index (χ2n) is 4.60. The summed E-state index contributed by atoms with van der Waals surface area (Å²) in [6, 6.07) is 7.88. The molecule has 120 valence electrons.